The first-order valence-corrected chi connectivity index (χ1v) is 13.2. The van der Waals surface area contributed by atoms with Crippen molar-refractivity contribution in [1.29, 1.82) is 0 Å². The van der Waals surface area contributed by atoms with Gasteiger partial charge in [0.15, 0.2) is 5.13 Å². The Balaban J connectivity index is 1.45. The topological polar surface area (TPSA) is 100 Å². The van der Waals surface area contributed by atoms with Crippen LogP contribution < -0.4 is 15.4 Å². The van der Waals surface area contributed by atoms with Gasteiger partial charge < -0.3 is 5.32 Å². The molecule has 0 radical (unpaired) electrons. The summed E-state index contributed by atoms with van der Waals surface area (Å²) in [5, 5.41) is 6.37. The summed E-state index contributed by atoms with van der Waals surface area (Å²) in [7, 11) is -3.72. The fourth-order valence-electron chi connectivity index (χ4n) is 2.56. The van der Waals surface area contributed by atoms with Crippen molar-refractivity contribution >= 4 is 76.0 Å². The van der Waals surface area contributed by atoms with Crippen molar-refractivity contribution in [3.8, 4) is 0 Å². The molecule has 12 heteroatoms. The minimum absolute atomic E-state index is 0.0343. The van der Waals surface area contributed by atoms with Crippen LogP contribution in [0.1, 0.15) is 10.4 Å². The van der Waals surface area contributed by atoms with Crippen LogP contribution >= 0.6 is 54.8 Å². The van der Waals surface area contributed by atoms with E-state index in [-0.39, 0.29) is 18.0 Å². The first kappa shape index (κ1) is 24.1. The van der Waals surface area contributed by atoms with Gasteiger partial charge in [-0.15, -0.1) is 11.3 Å². The zero-order chi connectivity index (χ0) is 22.4. The van der Waals surface area contributed by atoms with E-state index < -0.39 is 16.1 Å². The van der Waals surface area contributed by atoms with Crippen molar-refractivity contribution in [2.75, 3.05) is 18.4 Å². The molecule has 1 heterocycles. The van der Waals surface area contributed by atoms with Gasteiger partial charge >= 0.3 is 6.03 Å². The molecule has 0 fully saturated rings. The molecule has 0 saturated carbocycles. The summed E-state index contributed by atoms with van der Waals surface area (Å²) in [6, 6.07) is 11.9. The summed E-state index contributed by atoms with van der Waals surface area (Å²) in [6.45, 7) is 0.143. The minimum atomic E-state index is -3.72. The van der Waals surface area contributed by atoms with E-state index in [0.717, 1.165) is 10.4 Å². The second-order valence-corrected chi connectivity index (χ2v) is 11.3. The molecule has 7 nitrogen and oxygen atoms in total. The van der Waals surface area contributed by atoms with E-state index in [9.17, 15) is 13.2 Å². The van der Waals surface area contributed by atoms with Gasteiger partial charge in [-0.25, -0.2) is 22.9 Å². The Bertz CT molecular complexity index is 1190. The standard InChI is InChI=1S/C19H17Br2ClN4O3S2/c20-13-4-5-16(21)17(10-13)31(28,29)25-7-6-23-18(27)26-19-24-11-15(30-19)9-12-2-1-3-14(22)8-12/h1-5,8,10-11,25H,6-7,9H2,(H2,23,24,26,27). The lowest BCUT2D eigenvalue weighted by atomic mass is 10.1. The molecule has 1 aromatic heterocycles. The molecule has 0 saturated heterocycles. The molecular weight excluding hydrogens is 592 g/mol. The van der Waals surface area contributed by atoms with E-state index in [1.165, 1.54) is 17.4 Å². The van der Waals surface area contributed by atoms with Crippen molar-refractivity contribution < 1.29 is 13.2 Å². The van der Waals surface area contributed by atoms with Gasteiger partial charge in [-0.2, -0.15) is 0 Å². The molecule has 3 rings (SSSR count). The highest BCUT2D eigenvalue weighted by molar-refractivity contribution is 9.11. The highest BCUT2D eigenvalue weighted by atomic mass is 79.9. The number of urea groups is 1. The number of thiazole rings is 1. The smallest absolute Gasteiger partial charge is 0.321 e. The quantitative estimate of drug-likeness (QED) is 0.313. The van der Waals surface area contributed by atoms with Crippen LogP contribution in [0.2, 0.25) is 5.02 Å². The first-order chi connectivity index (χ1) is 14.7. The number of benzene rings is 2. The molecule has 0 atom stereocenters. The highest BCUT2D eigenvalue weighted by Crippen LogP contribution is 2.25. The third-order valence-corrected chi connectivity index (χ3v) is 8.02. The van der Waals surface area contributed by atoms with E-state index in [0.29, 0.717) is 25.5 Å². The molecule has 0 unspecified atom stereocenters. The molecule has 0 spiro atoms. The van der Waals surface area contributed by atoms with Crippen LogP contribution in [0, 0.1) is 0 Å². The van der Waals surface area contributed by atoms with Crippen molar-refractivity contribution in [3.63, 3.8) is 0 Å². The SMILES string of the molecule is O=C(NCCNS(=O)(=O)c1cc(Br)ccc1Br)Nc1ncc(Cc2cccc(Cl)c2)s1. The molecule has 2 aromatic carbocycles. The van der Waals surface area contributed by atoms with Gasteiger partial charge in [0.1, 0.15) is 0 Å². The van der Waals surface area contributed by atoms with Crippen LogP contribution in [0.15, 0.2) is 62.5 Å². The third-order valence-electron chi connectivity index (χ3n) is 3.93. The Hall–Kier alpha value is -1.50. The first-order valence-electron chi connectivity index (χ1n) is 8.91. The molecule has 3 aromatic rings. The number of halogens is 3. The predicted molar refractivity (Wildman–Crippen MR) is 130 cm³/mol. The summed E-state index contributed by atoms with van der Waals surface area (Å²) >= 11 is 13.8. The van der Waals surface area contributed by atoms with Gasteiger partial charge in [0.2, 0.25) is 10.0 Å². The summed E-state index contributed by atoms with van der Waals surface area (Å²) in [5.74, 6) is 0. The van der Waals surface area contributed by atoms with Gasteiger partial charge in [-0.3, -0.25) is 5.32 Å². The second kappa shape index (κ2) is 10.9. The number of nitrogens with zero attached hydrogens (tertiary/aromatic N) is 1. The number of nitrogens with one attached hydrogen (secondary N) is 3. The average Bonchev–Trinajstić information content (AvgIpc) is 3.13. The Morgan fingerprint density at radius 1 is 1.13 bits per heavy atom. The zero-order valence-corrected chi connectivity index (χ0v) is 21.4. The number of carbonyl (C=O) groups is 1. The summed E-state index contributed by atoms with van der Waals surface area (Å²) in [5.41, 5.74) is 1.05. The van der Waals surface area contributed by atoms with Gasteiger partial charge in [-0.1, -0.05) is 39.7 Å². The molecule has 31 heavy (non-hydrogen) atoms. The fourth-order valence-corrected chi connectivity index (χ4v) is 6.15. The van der Waals surface area contributed by atoms with E-state index in [4.69, 9.17) is 11.6 Å². The van der Waals surface area contributed by atoms with Gasteiger partial charge in [0, 0.05) is 44.6 Å². The molecular formula is C19H17Br2ClN4O3S2. The fraction of sp³-hybridized carbons (Fsp3) is 0.158. The number of anilines is 1. The monoisotopic (exact) mass is 606 g/mol. The number of carbonyl (C=O) groups excluding carboxylic acids is 1. The lowest BCUT2D eigenvalue weighted by molar-refractivity contribution is 0.252. The van der Waals surface area contributed by atoms with Gasteiger partial charge in [0.05, 0.1) is 4.90 Å². The van der Waals surface area contributed by atoms with Crippen molar-refractivity contribution in [3.05, 3.63) is 73.1 Å². The summed E-state index contributed by atoms with van der Waals surface area (Å²) in [4.78, 5) is 17.3. The second-order valence-electron chi connectivity index (χ2n) is 6.29. The number of aromatic nitrogens is 1. The zero-order valence-electron chi connectivity index (χ0n) is 15.9. The lowest BCUT2D eigenvalue weighted by Gasteiger charge is -2.10. The molecule has 0 aliphatic rings. The number of hydrogen-bond donors (Lipinski definition) is 3. The highest BCUT2D eigenvalue weighted by Gasteiger charge is 2.17. The van der Waals surface area contributed by atoms with Crippen molar-refractivity contribution in [1.82, 2.24) is 15.0 Å². The van der Waals surface area contributed by atoms with Crippen molar-refractivity contribution in [2.24, 2.45) is 0 Å². The maximum Gasteiger partial charge on any atom is 0.321 e. The molecule has 2 amide bonds. The maximum absolute atomic E-state index is 12.4. The maximum atomic E-state index is 12.4. The Morgan fingerprint density at radius 3 is 2.71 bits per heavy atom. The number of rotatable bonds is 8. The van der Waals surface area contributed by atoms with Crippen LogP contribution in [-0.4, -0.2) is 32.5 Å². The molecule has 0 aliphatic carbocycles. The Kier molecular flexibility index (Phi) is 8.48. The Morgan fingerprint density at radius 2 is 1.94 bits per heavy atom. The van der Waals surface area contributed by atoms with Crippen LogP contribution in [0.5, 0.6) is 0 Å². The van der Waals surface area contributed by atoms with Gasteiger partial charge in [0.25, 0.3) is 0 Å². The average molecular weight is 609 g/mol. The number of hydrogen-bond acceptors (Lipinski definition) is 5. The van der Waals surface area contributed by atoms with Crippen molar-refractivity contribution in [2.45, 2.75) is 11.3 Å². The molecule has 3 N–H and O–H groups in total. The molecule has 164 valence electrons. The predicted octanol–water partition coefficient (Wildman–Crippen LogP) is 5.01. The normalized spacial score (nSPS) is 11.3. The van der Waals surface area contributed by atoms with Crippen LogP contribution in [-0.2, 0) is 16.4 Å². The number of amides is 2. The Labute approximate surface area is 205 Å². The van der Waals surface area contributed by atoms with Crippen LogP contribution in [0.4, 0.5) is 9.93 Å². The summed E-state index contributed by atoms with van der Waals surface area (Å²) < 4.78 is 28.4. The van der Waals surface area contributed by atoms with E-state index in [1.807, 2.05) is 24.3 Å². The lowest BCUT2D eigenvalue weighted by Crippen LogP contribution is -2.36. The largest absolute Gasteiger partial charge is 0.336 e. The summed E-state index contributed by atoms with van der Waals surface area (Å²) in [6.07, 6.45) is 2.36. The third kappa shape index (κ3) is 7.26. The molecule has 0 bridgehead atoms. The number of sulfonamides is 1. The van der Waals surface area contributed by atoms with E-state index >= 15 is 0 Å². The van der Waals surface area contributed by atoms with Crippen LogP contribution in [0.25, 0.3) is 0 Å². The minimum Gasteiger partial charge on any atom is -0.336 e. The van der Waals surface area contributed by atoms with Crippen LogP contribution in [0.3, 0.4) is 0 Å². The van der Waals surface area contributed by atoms with E-state index in [2.05, 4.69) is 52.2 Å². The van der Waals surface area contributed by atoms with E-state index in [1.54, 1.807) is 18.3 Å². The molecule has 0 aliphatic heterocycles. The van der Waals surface area contributed by atoms with Gasteiger partial charge in [-0.05, 0) is 51.8 Å².